The molecule has 110 valence electrons. The van der Waals surface area contributed by atoms with Crippen LogP contribution in [0.5, 0.6) is 0 Å². The first kappa shape index (κ1) is 14.3. The van der Waals surface area contributed by atoms with Crippen LogP contribution >= 0.6 is 11.6 Å². The summed E-state index contributed by atoms with van der Waals surface area (Å²) in [4.78, 5) is 25.4. The molecule has 3 amide bonds. The zero-order valence-electron chi connectivity index (χ0n) is 11.2. The van der Waals surface area contributed by atoms with Gasteiger partial charge in [0, 0.05) is 5.02 Å². The van der Waals surface area contributed by atoms with Crippen molar-refractivity contribution in [1.82, 2.24) is 5.32 Å². The maximum Gasteiger partial charge on any atom is 0.333 e. The van der Waals surface area contributed by atoms with E-state index in [9.17, 15) is 14.0 Å². The van der Waals surface area contributed by atoms with Crippen LogP contribution in [0.15, 0.2) is 54.2 Å². The molecule has 0 aromatic heterocycles. The summed E-state index contributed by atoms with van der Waals surface area (Å²) in [5.74, 6) is -0.860. The fourth-order valence-corrected chi connectivity index (χ4v) is 2.29. The van der Waals surface area contributed by atoms with Crippen molar-refractivity contribution in [2.75, 3.05) is 4.90 Å². The lowest BCUT2D eigenvalue weighted by molar-refractivity contribution is -0.113. The minimum absolute atomic E-state index is 0.122. The van der Waals surface area contributed by atoms with Gasteiger partial charge in [-0.05, 0) is 42.0 Å². The molecule has 3 rings (SSSR count). The predicted octanol–water partition coefficient (Wildman–Crippen LogP) is 3.58. The molecular weight excluding hydrogens is 307 g/mol. The number of rotatable bonds is 2. The Morgan fingerprint density at radius 3 is 2.50 bits per heavy atom. The van der Waals surface area contributed by atoms with Gasteiger partial charge in [-0.1, -0.05) is 29.8 Å². The van der Waals surface area contributed by atoms with Gasteiger partial charge in [0.25, 0.3) is 5.91 Å². The van der Waals surface area contributed by atoms with Gasteiger partial charge in [0.15, 0.2) is 0 Å². The van der Waals surface area contributed by atoms with Gasteiger partial charge in [0.05, 0.1) is 5.69 Å². The first-order chi connectivity index (χ1) is 10.5. The molecule has 6 heteroatoms. The first-order valence-electron chi connectivity index (χ1n) is 6.43. The van der Waals surface area contributed by atoms with E-state index in [-0.39, 0.29) is 11.5 Å². The second-order valence-corrected chi connectivity index (χ2v) is 5.10. The van der Waals surface area contributed by atoms with E-state index >= 15 is 0 Å². The molecule has 1 fully saturated rings. The molecule has 0 atom stereocenters. The summed E-state index contributed by atoms with van der Waals surface area (Å²) >= 11 is 5.88. The number of carbonyl (C=O) groups is 2. The van der Waals surface area contributed by atoms with E-state index in [1.165, 1.54) is 36.4 Å². The van der Waals surface area contributed by atoms with E-state index in [0.29, 0.717) is 16.3 Å². The molecule has 1 saturated heterocycles. The standard InChI is InChI=1S/C16H10ClFN2O2/c17-11-2-1-3-13(9-11)20-15(21)14(19-16(20)22)8-10-4-6-12(18)7-5-10/h1-9H,(H,19,22). The summed E-state index contributed by atoms with van der Waals surface area (Å²) in [6.07, 6.45) is 1.49. The van der Waals surface area contributed by atoms with Gasteiger partial charge in [0.1, 0.15) is 11.5 Å². The van der Waals surface area contributed by atoms with Crippen LogP contribution in [-0.4, -0.2) is 11.9 Å². The maximum atomic E-state index is 12.9. The third kappa shape index (κ3) is 2.71. The number of nitrogens with zero attached hydrogens (tertiary/aromatic N) is 1. The van der Waals surface area contributed by atoms with Crippen LogP contribution in [0.4, 0.5) is 14.9 Å². The highest BCUT2D eigenvalue weighted by molar-refractivity contribution is 6.32. The summed E-state index contributed by atoms with van der Waals surface area (Å²) in [5, 5.41) is 2.92. The Bertz CT molecular complexity index is 787. The van der Waals surface area contributed by atoms with Gasteiger partial charge in [-0.2, -0.15) is 0 Å². The van der Waals surface area contributed by atoms with E-state index in [2.05, 4.69) is 5.32 Å². The molecule has 1 N–H and O–H groups in total. The number of urea groups is 1. The van der Waals surface area contributed by atoms with Crippen LogP contribution in [0.25, 0.3) is 6.08 Å². The molecule has 1 heterocycles. The predicted molar refractivity (Wildman–Crippen MR) is 81.8 cm³/mol. The number of hydrogen-bond donors (Lipinski definition) is 1. The Kier molecular flexibility index (Phi) is 3.65. The Morgan fingerprint density at radius 1 is 1.09 bits per heavy atom. The Balaban J connectivity index is 1.93. The van der Waals surface area contributed by atoms with Crippen molar-refractivity contribution in [3.05, 3.63) is 70.6 Å². The molecule has 2 aromatic rings. The molecule has 1 aliphatic rings. The Morgan fingerprint density at radius 2 is 1.82 bits per heavy atom. The van der Waals surface area contributed by atoms with E-state index in [4.69, 9.17) is 11.6 Å². The zero-order valence-corrected chi connectivity index (χ0v) is 12.0. The summed E-state index contributed by atoms with van der Waals surface area (Å²) in [5.41, 5.74) is 1.12. The van der Waals surface area contributed by atoms with Crippen molar-refractivity contribution in [2.45, 2.75) is 0 Å². The monoisotopic (exact) mass is 316 g/mol. The first-order valence-corrected chi connectivity index (χ1v) is 6.81. The third-order valence-electron chi connectivity index (χ3n) is 3.13. The van der Waals surface area contributed by atoms with Crippen molar-refractivity contribution >= 4 is 35.3 Å². The van der Waals surface area contributed by atoms with E-state index in [0.717, 1.165) is 4.90 Å². The fourth-order valence-electron chi connectivity index (χ4n) is 2.11. The molecule has 0 bridgehead atoms. The third-order valence-corrected chi connectivity index (χ3v) is 3.36. The number of nitrogens with one attached hydrogen (secondary N) is 1. The molecule has 0 spiro atoms. The number of anilines is 1. The summed E-state index contributed by atoms with van der Waals surface area (Å²) in [6.45, 7) is 0. The van der Waals surface area contributed by atoms with Crippen LogP contribution in [-0.2, 0) is 4.79 Å². The highest BCUT2D eigenvalue weighted by Crippen LogP contribution is 2.24. The van der Waals surface area contributed by atoms with E-state index in [1.807, 2.05) is 0 Å². The second-order valence-electron chi connectivity index (χ2n) is 4.66. The van der Waals surface area contributed by atoms with Gasteiger partial charge in [-0.25, -0.2) is 14.1 Å². The average molecular weight is 317 g/mol. The van der Waals surface area contributed by atoms with Gasteiger partial charge < -0.3 is 5.32 Å². The molecule has 4 nitrogen and oxygen atoms in total. The Labute approximate surface area is 130 Å². The minimum Gasteiger partial charge on any atom is -0.302 e. The average Bonchev–Trinajstić information content (AvgIpc) is 2.76. The number of imide groups is 1. The molecule has 0 radical (unpaired) electrons. The lowest BCUT2D eigenvalue weighted by Gasteiger charge is -2.11. The maximum absolute atomic E-state index is 12.9. The summed E-state index contributed by atoms with van der Waals surface area (Å²) < 4.78 is 12.9. The number of benzene rings is 2. The quantitative estimate of drug-likeness (QED) is 0.680. The molecule has 22 heavy (non-hydrogen) atoms. The molecule has 1 aliphatic heterocycles. The van der Waals surface area contributed by atoms with Crippen molar-refractivity contribution < 1.29 is 14.0 Å². The van der Waals surface area contributed by atoms with Crippen LogP contribution in [0, 0.1) is 5.82 Å². The topological polar surface area (TPSA) is 49.4 Å². The van der Waals surface area contributed by atoms with Crippen molar-refractivity contribution in [1.29, 1.82) is 0 Å². The number of halogens is 2. The largest absolute Gasteiger partial charge is 0.333 e. The number of hydrogen-bond acceptors (Lipinski definition) is 2. The minimum atomic E-state index is -0.555. The van der Waals surface area contributed by atoms with Crippen LogP contribution in [0.1, 0.15) is 5.56 Å². The molecule has 0 saturated carbocycles. The lowest BCUT2D eigenvalue weighted by atomic mass is 10.2. The Hall–Kier alpha value is -2.66. The normalized spacial score (nSPS) is 16.3. The summed E-state index contributed by atoms with van der Waals surface area (Å²) in [6, 6.07) is 11.5. The van der Waals surface area contributed by atoms with Crippen LogP contribution in [0.2, 0.25) is 5.02 Å². The SMILES string of the molecule is O=C1NC(=Cc2ccc(F)cc2)C(=O)N1c1cccc(Cl)c1. The van der Waals surface area contributed by atoms with Gasteiger partial charge in [0.2, 0.25) is 0 Å². The van der Waals surface area contributed by atoms with Crippen LogP contribution in [0.3, 0.4) is 0 Å². The second kappa shape index (κ2) is 5.61. The highest BCUT2D eigenvalue weighted by Gasteiger charge is 2.34. The fraction of sp³-hybridized carbons (Fsp3) is 0. The van der Waals surface area contributed by atoms with E-state index in [1.54, 1.807) is 18.2 Å². The molecule has 0 aliphatic carbocycles. The molecule has 2 aromatic carbocycles. The van der Waals surface area contributed by atoms with E-state index < -0.39 is 11.9 Å². The molecule has 0 unspecified atom stereocenters. The summed E-state index contributed by atoms with van der Waals surface area (Å²) in [7, 11) is 0. The smallest absolute Gasteiger partial charge is 0.302 e. The molecular formula is C16H10ClFN2O2. The number of amides is 3. The highest BCUT2D eigenvalue weighted by atomic mass is 35.5. The van der Waals surface area contributed by atoms with Gasteiger partial charge in [-0.15, -0.1) is 0 Å². The van der Waals surface area contributed by atoms with Crippen LogP contribution < -0.4 is 10.2 Å². The zero-order chi connectivity index (χ0) is 15.7. The van der Waals surface area contributed by atoms with Crippen molar-refractivity contribution in [3.8, 4) is 0 Å². The van der Waals surface area contributed by atoms with Crippen molar-refractivity contribution in [3.63, 3.8) is 0 Å². The van der Waals surface area contributed by atoms with Gasteiger partial charge in [-0.3, -0.25) is 4.79 Å². The van der Waals surface area contributed by atoms with Crippen molar-refractivity contribution in [2.24, 2.45) is 0 Å². The number of carbonyl (C=O) groups excluding carboxylic acids is 2. The van der Waals surface area contributed by atoms with Gasteiger partial charge >= 0.3 is 6.03 Å². The lowest BCUT2D eigenvalue weighted by Crippen LogP contribution is -2.30.